The fraction of sp³-hybridized carbons (Fsp3) is 0.607. The number of hydrogen-bond donors (Lipinski definition) is 3. The predicted octanol–water partition coefficient (Wildman–Crippen LogP) is 0.177. The lowest BCUT2D eigenvalue weighted by Gasteiger charge is -2.38. The van der Waals surface area contributed by atoms with E-state index in [2.05, 4.69) is 15.0 Å². The second kappa shape index (κ2) is 13.8. The van der Waals surface area contributed by atoms with Crippen LogP contribution in [0.25, 0.3) is 0 Å². The number of rotatable bonds is 13. The molecular formula is C28H41N5O9S2. The predicted molar refractivity (Wildman–Crippen MR) is 161 cm³/mol. The summed E-state index contributed by atoms with van der Waals surface area (Å²) in [5, 5.41) is 13.8. The quantitative estimate of drug-likeness (QED) is 0.251. The topological polar surface area (TPSA) is 169 Å². The Bertz CT molecular complexity index is 1500. The molecule has 3 aliphatic heterocycles. The lowest BCUT2D eigenvalue weighted by Crippen LogP contribution is -2.47. The maximum Gasteiger partial charge on any atom is 0.244 e. The SMILES string of the molecule is COCCNS(=O)(=O)c1cccc(OCC(O)CNC2COC3(CCN(S(=O)(=O)c4cnc5c(c4)N(C)CCO5)CC3)C2)c1. The van der Waals surface area contributed by atoms with E-state index in [0.29, 0.717) is 69.4 Å². The number of pyridine rings is 1. The molecule has 3 aliphatic rings. The molecule has 244 valence electrons. The van der Waals surface area contributed by atoms with Gasteiger partial charge in [-0.1, -0.05) is 6.07 Å². The van der Waals surface area contributed by atoms with Gasteiger partial charge in [0.05, 0.1) is 36.5 Å². The van der Waals surface area contributed by atoms with Crippen LogP contribution in [0.4, 0.5) is 5.69 Å². The highest BCUT2D eigenvalue weighted by Crippen LogP contribution is 2.38. The molecule has 4 heterocycles. The van der Waals surface area contributed by atoms with Crippen molar-refractivity contribution in [3.63, 3.8) is 0 Å². The van der Waals surface area contributed by atoms with E-state index >= 15 is 0 Å². The number of ether oxygens (including phenoxy) is 4. The van der Waals surface area contributed by atoms with Gasteiger partial charge in [-0.25, -0.2) is 26.5 Å². The number of anilines is 1. The average molecular weight is 656 g/mol. The Hall–Kier alpha value is -2.57. The summed E-state index contributed by atoms with van der Waals surface area (Å²) in [6.45, 7) is 2.94. The summed E-state index contributed by atoms with van der Waals surface area (Å²) in [5.41, 5.74) is 0.246. The fourth-order valence-corrected chi connectivity index (χ4v) is 8.06. The standard InChI is InChI=1S/C28H41N5O9S2/c1-32-11-13-40-27-26(32)15-25(18-30-27)44(37,38)33-9-6-28(7-10-33)16-21(19-42-28)29-17-22(34)20-41-23-4-3-5-24(14-23)43(35,36)31-8-12-39-2/h3-5,14-15,18,21-22,29,31,34H,6-13,16-17,19-20H2,1-2H3. The minimum Gasteiger partial charge on any atom is -0.491 e. The summed E-state index contributed by atoms with van der Waals surface area (Å²) in [5.74, 6) is 0.770. The van der Waals surface area contributed by atoms with Crippen LogP contribution < -0.4 is 24.4 Å². The van der Waals surface area contributed by atoms with Crippen LogP contribution in [-0.2, 0) is 29.5 Å². The number of nitrogens with one attached hydrogen (secondary N) is 2. The van der Waals surface area contributed by atoms with E-state index in [-0.39, 0.29) is 42.1 Å². The van der Waals surface area contributed by atoms with E-state index in [1.807, 2.05) is 11.9 Å². The number of benzene rings is 1. The minimum absolute atomic E-state index is 0.000152. The van der Waals surface area contributed by atoms with Gasteiger partial charge in [-0.15, -0.1) is 0 Å². The number of aliphatic hydroxyl groups excluding tert-OH is 1. The Morgan fingerprint density at radius 2 is 1.95 bits per heavy atom. The molecule has 2 saturated heterocycles. The van der Waals surface area contributed by atoms with Crippen LogP contribution >= 0.6 is 0 Å². The van der Waals surface area contributed by atoms with Gasteiger partial charge in [0.15, 0.2) is 0 Å². The smallest absolute Gasteiger partial charge is 0.244 e. The van der Waals surface area contributed by atoms with Gasteiger partial charge in [-0.05, 0) is 37.5 Å². The third-order valence-corrected chi connectivity index (χ3v) is 11.5. The highest BCUT2D eigenvalue weighted by Gasteiger charge is 2.45. The Morgan fingerprint density at radius 3 is 2.73 bits per heavy atom. The van der Waals surface area contributed by atoms with Crippen molar-refractivity contribution in [3.8, 4) is 11.6 Å². The maximum atomic E-state index is 13.4. The number of methoxy groups -OCH3 is 1. The van der Waals surface area contributed by atoms with Crippen molar-refractivity contribution >= 4 is 25.7 Å². The number of aromatic nitrogens is 1. The molecule has 1 spiro atoms. The first-order chi connectivity index (χ1) is 21.0. The molecule has 0 amide bonds. The van der Waals surface area contributed by atoms with Gasteiger partial charge in [0, 0.05) is 52.4 Å². The highest BCUT2D eigenvalue weighted by molar-refractivity contribution is 7.89. The molecule has 3 N–H and O–H groups in total. The summed E-state index contributed by atoms with van der Waals surface area (Å²) in [6.07, 6.45) is 2.35. The molecule has 16 heteroatoms. The zero-order valence-corrected chi connectivity index (χ0v) is 26.6. The minimum atomic E-state index is -3.72. The van der Waals surface area contributed by atoms with Crippen LogP contribution in [0.1, 0.15) is 19.3 Å². The Kier molecular flexibility index (Phi) is 10.3. The fourth-order valence-electron chi connectivity index (χ4n) is 5.60. The van der Waals surface area contributed by atoms with Crippen LogP contribution in [0.2, 0.25) is 0 Å². The summed E-state index contributed by atoms with van der Waals surface area (Å²) < 4.78 is 77.9. The van der Waals surface area contributed by atoms with Gasteiger partial charge in [0.1, 0.15) is 35.7 Å². The van der Waals surface area contributed by atoms with E-state index < -0.39 is 31.8 Å². The number of nitrogens with zero attached hydrogens (tertiary/aromatic N) is 3. The van der Waals surface area contributed by atoms with Crippen LogP contribution in [-0.4, -0.2) is 122 Å². The molecule has 14 nitrogen and oxygen atoms in total. The first kappa shape index (κ1) is 32.8. The number of piperidine rings is 1. The molecule has 2 fully saturated rings. The van der Waals surface area contributed by atoms with Gasteiger partial charge in [0.2, 0.25) is 25.9 Å². The highest BCUT2D eigenvalue weighted by atomic mass is 32.2. The van der Waals surface area contributed by atoms with Crippen LogP contribution in [0.15, 0.2) is 46.3 Å². The van der Waals surface area contributed by atoms with Crippen molar-refractivity contribution in [1.82, 2.24) is 19.3 Å². The second-order valence-electron chi connectivity index (χ2n) is 11.3. The zero-order chi connectivity index (χ0) is 31.4. The number of likely N-dealkylation sites (N-methyl/N-ethyl adjacent to an activating group) is 1. The first-order valence-electron chi connectivity index (χ1n) is 14.6. The summed E-state index contributed by atoms with van der Waals surface area (Å²) in [7, 11) is -4.05. The summed E-state index contributed by atoms with van der Waals surface area (Å²) in [6, 6.07) is 7.71. The molecule has 2 atom stereocenters. The molecule has 2 unspecified atom stereocenters. The van der Waals surface area contributed by atoms with Crippen molar-refractivity contribution in [2.45, 2.75) is 46.8 Å². The van der Waals surface area contributed by atoms with Gasteiger partial charge in [-0.2, -0.15) is 4.31 Å². The average Bonchev–Trinajstić information content (AvgIpc) is 3.41. The van der Waals surface area contributed by atoms with E-state index in [9.17, 15) is 21.9 Å². The Balaban J connectivity index is 1.07. The molecule has 1 aromatic carbocycles. The number of hydrogen-bond acceptors (Lipinski definition) is 12. The van der Waals surface area contributed by atoms with E-state index in [1.165, 1.54) is 29.7 Å². The van der Waals surface area contributed by atoms with Crippen molar-refractivity contribution in [2.75, 3.05) is 78.2 Å². The van der Waals surface area contributed by atoms with Crippen LogP contribution in [0.3, 0.4) is 0 Å². The van der Waals surface area contributed by atoms with Crippen LogP contribution in [0.5, 0.6) is 11.6 Å². The lowest BCUT2D eigenvalue weighted by molar-refractivity contribution is -0.0312. The molecule has 0 saturated carbocycles. The van der Waals surface area contributed by atoms with E-state index in [0.717, 1.165) is 0 Å². The molecule has 2 aromatic rings. The molecule has 0 bridgehead atoms. The third-order valence-electron chi connectivity index (χ3n) is 8.16. The lowest BCUT2D eigenvalue weighted by atomic mass is 9.88. The number of aliphatic hydroxyl groups is 1. The summed E-state index contributed by atoms with van der Waals surface area (Å²) >= 11 is 0. The molecular weight excluding hydrogens is 614 g/mol. The normalized spacial score (nSPS) is 21.2. The molecule has 1 aromatic heterocycles. The first-order valence-corrected chi connectivity index (χ1v) is 17.5. The zero-order valence-electron chi connectivity index (χ0n) is 25.0. The van der Waals surface area contributed by atoms with Crippen LogP contribution in [0, 0.1) is 0 Å². The van der Waals surface area contributed by atoms with Gasteiger partial charge < -0.3 is 34.3 Å². The van der Waals surface area contributed by atoms with E-state index in [4.69, 9.17) is 18.9 Å². The monoisotopic (exact) mass is 655 g/mol. The Labute approximate surface area is 258 Å². The number of fused-ring (bicyclic) bond motifs is 1. The number of sulfonamides is 2. The van der Waals surface area contributed by atoms with Crippen molar-refractivity contribution in [2.24, 2.45) is 0 Å². The van der Waals surface area contributed by atoms with Gasteiger partial charge in [0.25, 0.3) is 0 Å². The van der Waals surface area contributed by atoms with Crippen molar-refractivity contribution in [1.29, 1.82) is 0 Å². The molecule has 5 rings (SSSR count). The molecule has 0 radical (unpaired) electrons. The Morgan fingerprint density at radius 1 is 1.16 bits per heavy atom. The van der Waals surface area contributed by atoms with Gasteiger partial charge >= 0.3 is 0 Å². The molecule has 44 heavy (non-hydrogen) atoms. The third kappa shape index (κ3) is 7.62. The maximum absolute atomic E-state index is 13.4. The van der Waals surface area contributed by atoms with Crippen molar-refractivity contribution < 1.29 is 40.9 Å². The van der Waals surface area contributed by atoms with Crippen molar-refractivity contribution in [3.05, 3.63) is 36.5 Å². The summed E-state index contributed by atoms with van der Waals surface area (Å²) in [4.78, 5) is 6.39. The molecule has 0 aliphatic carbocycles. The second-order valence-corrected chi connectivity index (χ2v) is 15.0. The van der Waals surface area contributed by atoms with Gasteiger partial charge in [-0.3, -0.25) is 0 Å². The largest absolute Gasteiger partial charge is 0.491 e. The van der Waals surface area contributed by atoms with E-state index in [1.54, 1.807) is 18.2 Å².